The Balaban J connectivity index is 5.18. The maximum atomic E-state index is 6.01. The monoisotopic (exact) mass is 262 g/mol. The van der Waals surface area contributed by atoms with Crippen LogP contribution < -0.4 is 0 Å². The molecule has 0 spiro atoms. The van der Waals surface area contributed by atoms with Gasteiger partial charge in [0.1, 0.15) is 0 Å². The van der Waals surface area contributed by atoms with Gasteiger partial charge in [0.25, 0.3) is 0 Å². The molecule has 104 valence electrons. The van der Waals surface area contributed by atoms with Gasteiger partial charge in [-0.3, -0.25) is 0 Å². The predicted octanol–water partition coefficient (Wildman–Crippen LogP) is 2.82. The first kappa shape index (κ1) is 17.1. The van der Waals surface area contributed by atoms with Crippen molar-refractivity contribution in [3.8, 4) is 0 Å². The van der Waals surface area contributed by atoms with Crippen molar-refractivity contribution in [3.05, 3.63) is 0 Å². The van der Waals surface area contributed by atoms with Crippen LogP contribution in [0.1, 0.15) is 54.9 Å². The van der Waals surface area contributed by atoms with Crippen molar-refractivity contribution in [1.82, 2.24) is 0 Å². The highest BCUT2D eigenvalue weighted by atomic mass is 28.3. The summed E-state index contributed by atoms with van der Waals surface area (Å²) in [5, 5.41) is 0. The van der Waals surface area contributed by atoms with E-state index >= 15 is 0 Å². The van der Waals surface area contributed by atoms with Gasteiger partial charge in [-0.15, -0.1) is 0 Å². The van der Waals surface area contributed by atoms with E-state index in [1.54, 1.807) is 0 Å². The van der Waals surface area contributed by atoms with Crippen LogP contribution in [0.2, 0.25) is 0 Å². The molecule has 0 aromatic heterocycles. The lowest BCUT2D eigenvalue weighted by atomic mass is 10.2. The lowest BCUT2D eigenvalue weighted by Crippen LogP contribution is -2.68. The SMILES string of the molecule is CCC[N+](C(C)C)(C(C)C)[SiH](OCC)OCC. The number of quaternary nitrogens is 1. The van der Waals surface area contributed by atoms with E-state index in [2.05, 4.69) is 48.5 Å². The minimum atomic E-state index is -1.68. The highest BCUT2D eigenvalue weighted by Gasteiger charge is 2.46. The maximum Gasteiger partial charge on any atom is 0.587 e. The summed E-state index contributed by atoms with van der Waals surface area (Å²) < 4.78 is 13.0. The number of hydrogen-bond acceptors (Lipinski definition) is 2. The Bertz CT molecular complexity index is 184. The highest BCUT2D eigenvalue weighted by molar-refractivity contribution is 6.35. The Hall–Kier alpha value is 0.0969. The number of rotatable bonds is 9. The third kappa shape index (κ3) is 4.05. The molecule has 0 aliphatic rings. The summed E-state index contributed by atoms with van der Waals surface area (Å²) in [6.45, 7) is 18.3. The van der Waals surface area contributed by atoms with Crippen molar-refractivity contribution >= 4 is 9.45 Å². The van der Waals surface area contributed by atoms with Crippen LogP contribution in [-0.2, 0) is 8.85 Å². The zero-order valence-electron chi connectivity index (χ0n) is 12.8. The molecule has 3 nitrogen and oxygen atoms in total. The predicted molar refractivity (Wildman–Crippen MR) is 76.1 cm³/mol. The first-order valence-electron chi connectivity index (χ1n) is 7.07. The Morgan fingerprint density at radius 2 is 1.29 bits per heavy atom. The van der Waals surface area contributed by atoms with Crippen molar-refractivity contribution in [2.75, 3.05) is 19.8 Å². The van der Waals surface area contributed by atoms with Crippen molar-refractivity contribution in [1.29, 1.82) is 0 Å². The van der Waals surface area contributed by atoms with Gasteiger partial charge in [-0.1, -0.05) is 6.92 Å². The Kier molecular flexibility index (Phi) is 8.29. The van der Waals surface area contributed by atoms with E-state index in [0.29, 0.717) is 12.1 Å². The van der Waals surface area contributed by atoms with Gasteiger partial charge in [0.05, 0.1) is 18.6 Å². The van der Waals surface area contributed by atoms with Gasteiger partial charge in [0, 0.05) is 13.2 Å². The molecule has 0 unspecified atom stereocenters. The molecular weight excluding hydrogens is 230 g/mol. The highest BCUT2D eigenvalue weighted by Crippen LogP contribution is 2.24. The smallest absolute Gasteiger partial charge is 0.351 e. The summed E-state index contributed by atoms with van der Waals surface area (Å²) in [6, 6.07) is 1.12. The third-order valence-electron chi connectivity index (χ3n) is 3.54. The van der Waals surface area contributed by atoms with Gasteiger partial charge in [-0.25, -0.2) is 0 Å². The van der Waals surface area contributed by atoms with Gasteiger partial charge < -0.3 is 13.0 Å². The molecule has 0 rings (SSSR count). The van der Waals surface area contributed by atoms with Crippen LogP contribution in [-0.4, -0.2) is 45.4 Å². The molecule has 0 heterocycles. The summed E-state index contributed by atoms with van der Waals surface area (Å²) >= 11 is 0. The van der Waals surface area contributed by atoms with Crippen LogP contribution in [0.4, 0.5) is 0 Å². The topological polar surface area (TPSA) is 18.5 Å². The molecule has 0 bridgehead atoms. The summed E-state index contributed by atoms with van der Waals surface area (Å²) in [5.41, 5.74) is 0. The van der Waals surface area contributed by atoms with Crippen LogP contribution in [0.15, 0.2) is 0 Å². The quantitative estimate of drug-likeness (QED) is 0.595. The number of hydrogen-bond donors (Lipinski definition) is 0. The van der Waals surface area contributed by atoms with E-state index in [9.17, 15) is 0 Å². The Morgan fingerprint density at radius 1 is 0.882 bits per heavy atom. The van der Waals surface area contributed by atoms with E-state index in [-0.39, 0.29) is 0 Å². The van der Waals surface area contributed by atoms with E-state index in [1.165, 1.54) is 6.42 Å². The molecule has 0 aromatic rings. The lowest BCUT2D eigenvalue weighted by Gasteiger charge is -2.49. The van der Waals surface area contributed by atoms with E-state index in [4.69, 9.17) is 8.85 Å². The molecule has 0 saturated carbocycles. The lowest BCUT2D eigenvalue weighted by molar-refractivity contribution is -0.885. The van der Waals surface area contributed by atoms with Crippen molar-refractivity contribution in [2.45, 2.75) is 67.0 Å². The van der Waals surface area contributed by atoms with Crippen molar-refractivity contribution < 1.29 is 13.0 Å². The normalized spacial score (nSPS) is 13.1. The van der Waals surface area contributed by atoms with E-state index in [0.717, 1.165) is 23.9 Å². The van der Waals surface area contributed by atoms with Gasteiger partial charge in [-0.05, 0) is 48.0 Å². The molecule has 0 aromatic carbocycles. The van der Waals surface area contributed by atoms with Gasteiger partial charge >= 0.3 is 9.45 Å². The second kappa shape index (κ2) is 8.24. The first-order chi connectivity index (χ1) is 7.97. The fraction of sp³-hybridized carbons (Fsp3) is 1.00. The second-order valence-electron chi connectivity index (χ2n) is 5.12. The molecule has 17 heavy (non-hydrogen) atoms. The van der Waals surface area contributed by atoms with Gasteiger partial charge in [0.15, 0.2) is 0 Å². The van der Waals surface area contributed by atoms with E-state index in [1.807, 2.05) is 0 Å². The summed E-state index contributed by atoms with van der Waals surface area (Å²) in [5.74, 6) is 0. The van der Waals surface area contributed by atoms with Crippen LogP contribution in [0.3, 0.4) is 0 Å². The number of nitrogens with zero attached hydrogens (tertiary/aromatic N) is 1. The van der Waals surface area contributed by atoms with Crippen LogP contribution in [0.5, 0.6) is 0 Å². The second-order valence-corrected chi connectivity index (χ2v) is 7.37. The fourth-order valence-electron chi connectivity index (χ4n) is 2.70. The third-order valence-corrected chi connectivity index (χ3v) is 7.02. The van der Waals surface area contributed by atoms with Gasteiger partial charge in [-0.2, -0.15) is 0 Å². The zero-order chi connectivity index (χ0) is 13.5. The average Bonchev–Trinajstić information content (AvgIpc) is 2.24. The molecule has 0 radical (unpaired) electrons. The van der Waals surface area contributed by atoms with Gasteiger partial charge in [0.2, 0.25) is 0 Å². The molecular formula is C13H32NO2Si+. The van der Waals surface area contributed by atoms with Crippen LogP contribution >= 0.6 is 0 Å². The minimum Gasteiger partial charge on any atom is -0.351 e. The molecule has 0 amide bonds. The van der Waals surface area contributed by atoms with Crippen LogP contribution in [0, 0.1) is 0 Å². The first-order valence-corrected chi connectivity index (χ1v) is 8.53. The van der Waals surface area contributed by atoms with E-state index < -0.39 is 9.45 Å². The van der Waals surface area contributed by atoms with Crippen molar-refractivity contribution in [2.24, 2.45) is 0 Å². The summed E-state index contributed by atoms with van der Waals surface area (Å²) in [4.78, 5) is 0. The molecule has 0 fully saturated rings. The molecule has 0 saturated heterocycles. The Labute approximate surface area is 110 Å². The van der Waals surface area contributed by atoms with Crippen molar-refractivity contribution in [3.63, 3.8) is 0 Å². The molecule has 0 aliphatic heterocycles. The summed E-state index contributed by atoms with van der Waals surface area (Å²) in [6.07, 6.45) is 1.18. The maximum absolute atomic E-state index is 6.01. The average molecular weight is 262 g/mol. The molecule has 0 atom stereocenters. The Morgan fingerprint density at radius 3 is 1.53 bits per heavy atom. The zero-order valence-corrected chi connectivity index (χ0v) is 14.0. The summed E-state index contributed by atoms with van der Waals surface area (Å²) in [7, 11) is -1.68. The minimum absolute atomic E-state index is 0.560. The standard InChI is InChI=1S/C13H32NO2Si/c1-8-11-14(12(4)5,13(6)7)17(15-9-2)16-10-3/h12-13,17H,8-11H2,1-7H3/q+1. The molecule has 0 aliphatic carbocycles. The van der Waals surface area contributed by atoms with Crippen LogP contribution in [0.25, 0.3) is 0 Å². The molecule has 0 N–H and O–H groups in total. The largest absolute Gasteiger partial charge is 0.587 e. The molecule has 4 heteroatoms. The fourth-order valence-corrected chi connectivity index (χ4v) is 5.37.